The monoisotopic (exact) mass is 261 g/mol. The Hall–Kier alpha value is -1.94. The largest absolute Gasteiger partial charge is 0.310 e. The van der Waals surface area contributed by atoms with Gasteiger partial charge in [-0.15, -0.1) is 0 Å². The number of hydrogen-bond donors (Lipinski definition) is 0. The quantitative estimate of drug-likeness (QED) is 0.835. The average molecular weight is 262 g/mol. The van der Waals surface area contributed by atoms with Gasteiger partial charge in [-0.1, -0.05) is 29.8 Å². The summed E-state index contributed by atoms with van der Waals surface area (Å²) in [6.07, 6.45) is 2.80. The highest BCUT2D eigenvalue weighted by Gasteiger charge is 2.16. The Labute approximate surface area is 110 Å². The van der Waals surface area contributed by atoms with E-state index < -0.39 is 0 Å². The van der Waals surface area contributed by atoms with Crippen molar-refractivity contribution in [2.75, 3.05) is 11.9 Å². The molecule has 2 aromatic rings. The van der Waals surface area contributed by atoms with E-state index in [0.29, 0.717) is 0 Å². The molecule has 2 rings (SSSR count). The third-order valence-electron chi connectivity index (χ3n) is 2.61. The van der Waals surface area contributed by atoms with Crippen LogP contribution < -0.4 is 4.90 Å². The fourth-order valence-corrected chi connectivity index (χ4v) is 1.81. The zero-order chi connectivity index (χ0) is 13.1. The molecule has 0 saturated heterocycles. The van der Waals surface area contributed by atoms with E-state index in [9.17, 15) is 4.79 Å². The Kier molecular flexibility index (Phi) is 3.58. The number of benzene rings is 1. The number of aryl methyl sites for hydroxylation is 1. The Morgan fingerprint density at radius 2 is 2.00 bits per heavy atom. The van der Waals surface area contributed by atoms with Crippen LogP contribution in [0.5, 0.6) is 0 Å². The van der Waals surface area contributed by atoms with E-state index in [4.69, 9.17) is 11.6 Å². The van der Waals surface area contributed by atoms with E-state index >= 15 is 0 Å². The van der Waals surface area contributed by atoms with Crippen LogP contribution in [0.2, 0.25) is 5.15 Å². The second-order valence-corrected chi connectivity index (χ2v) is 4.26. The minimum atomic E-state index is -0.237. The summed E-state index contributed by atoms with van der Waals surface area (Å²) in [5, 5.41) is 0.207. The molecule has 1 aromatic carbocycles. The van der Waals surface area contributed by atoms with Crippen LogP contribution in [0.1, 0.15) is 16.1 Å². The maximum absolute atomic E-state index is 12.2. The van der Waals surface area contributed by atoms with E-state index in [0.717, 1.165) is 11.3 Å². The lowest BCUT2D eigenvalue weighted by Crippen LogP contribution is -2.27. The van der Waals surface area contributed by atoms with Crippen LogP contribution in [0.25, 0.3) is 0 Å². The molecule has 5 heteroatoms. The Balaban J connectivity index is 2.32. The molecule has 0 spiro atoms. The number of nitrogens with zero attached hydrogens (tertiary/aromatic N) is 3. The van der Waals surface area contributed by atoms with Crippen LogP contribution in [0, 0.1) is 6.92 Å². The van der Waals surface area contributed by atoms with Gasteiger partial charge in [-0.2, -0.15) is 0 Å². The molecule has 0 N–H and O–H groups in total. The van der Waals surface area contributed by atoms with Gasteiger partial charge < -0.3 is 4.90 Å². The van der Waals surface area contributed by atoms with E-state index in [1.54, 1.807) is 7.05 Å². The minimum absolute atomic E-state index is 0.207. The molecule has 0 atom stereocenters. The Morgan fingerprint density at radius 1 is 1.28 bits per heavy atom. The zero-order valence-corrected chi connectivity index (χ0v) is 10.8. The summed E-state index contributed by atoms with van der Waals surface area (Å²) < 4.78 is 0. The van der Waals surface area contributed by atoms with Gasteiger partial charge in [-0.3, -0.25) is 9.78 Å². The molecule has 0 bridgehead atoms. The van der Waals surface area contributed by atoms with Crippen molar-refractivity contribution in [1.29, 1.82) is 0 Å². The van der Waals surface area contributed by atoms with Gasteiger partial charge in [0.25, 0.3) is 5.91 Å². The number of rotatable bonds is 2. The molecule has 1 amide bonds. The molecule has 1 heterocycles. The normalized spacial score (nSPS) is 10.2. The van der Waals surface area contributed by atoms with Crippen LogP contribution in [0.3, 0.4) is 0 Å². The van der Waals surface area contributed by atoms with Gasteiger partial charge in [-0.25, -0.2) is 4.98 Å². The molecule has 18 heavy (non-hydrogen) atoms. The zero-order valence-electron chi connectivity index (χ0n) is 10.1. The first-order chi connectivity index (χ1) is 8.59. The van der Waals surface area contributed by atoms with Crippen molar-refractivity contribution in [3.8, 4) is 0 Å². The van der Waals surface area contributed by atoms with Gasteiger partial charge in [0.2, 0.25) is 0 Å². The maximum Gasteiger partial charge on any atom is 0.278 e. The van der Waals surface area contributed by atoms with Gasteiger partial charge in [0.05, 0.1) is 12.4 Å². The SMILES string of the molecule is Cc1ccccc1N(C)C(=O)c1cncc(Cl)n1. The third-order valence-corrected chi connectivity index (χ3v) is 2.79. The van der Waals surface area contributed by atoms with Crippen molar-refractivity contribution in [3.05, 3.63) is 53.1 Å². The van der Waals surface area contributed by atoms with Gasteiger partial charge in [0.1, 0.15) is 10.8 Å². The molecular formula is C13H12ClN3O. The van der Waals surface area contributed by atoms with Crippen molar-refractivity contribution in [2.45, 2.75) is 6.92 Å². The highest BCUT2D eigenvalue weighted by atomic mass is 35.5. The maximum atomic E-state index is 12.2. The van der Waals surface area contributed by atoms with E-state index in [-0.39, 0.29) is 16.8 Å². The fraction of sp³-hybridized carbons (Fsp3) is 0.154. The van der Waals surface area contributed by atoms with E-state index in [2.05, 4.69) is 9.97 Å². The van der Waals surface area contributed by atoms with Gasteiger partial charge in [0.15, 0.2) is 0 Å². The summed E-state index contributed by atoms with van der Waals surface area (Å²) in [6, 6.07) is 7.64. The summed E-state index contributed by atoms with van der Waals surface area (Å²) >= 11 is 5.73. The van der Waals surface area contributed by atoms with Crippen LogP contribution in [-0.4, -0.2) is 22.9 Å². The van der Waals surface area contributed by atoms with Crippen molar-refractivity contribution in [2.24, 2.45) is 0 Å². The van der Waals surface area contributed by atoms with Crippen LogP contribution >= 0.6 is 11.6 Å². The average Bonchev–Trinajstić information content (AvgIpc) is 2.37. The molecular weight excluding hydrogens is 250 g/mol. The summed E-state index contributed by atoms with van der Waals surface area (Å²) in [5.74, 6) is -0.237. The Morgan fingerprint density at radius 3 is 2.67 bits per heavy atom. The minimum Gasteiger partial charge on any atom is -0.310 e. The molecule has 0 radical (unpaired) electrons. The highest BCUT2D eigenvalue weighted by molar-refractivity contribution is 6.29. The van der Waals surface area contributed by atoms with Crippen molar-refractivity contribution in [1.82, 2.24) is 9.97 Å². The number of para-hydroxylation sites is 1. The highest BCUT2D eigenvalue weighted by Crippen LogP contribution is 2.19. The van der Waals surface area contributed by atoms with Gasteiger partial charge in [0, 0.05) is 12.7 Å². The molecule has 4 nitrogen and oxygen atoms in total. The lowest BCUT2D eigenvalue weighted by Gasteiger charge is -2.18. The molecule has 1 aromatic heterocycles. The molecule has 0 unspecified atom stereocenters. The van der Waals surface area contributed by atoms with E-state index in [1.165, 1.54) is 17.3 Å². The van der Waals surface area contributed by atoms with E-state index in [1.807, 2.05) is 31.2 Å². The molecule has 0 saturated carbocycles. The first-order valence-electron chi connectivity index (χ1n) is 5.41. The topological polar surface area (TPSA) is 46.1 Å². The summed E-state index contributed by atoms with van der Waals surface area (Å²) in [7, 11) is 1.70. The first-order valence-corrected chi connectivity index (χ1v) is 5.78. The summed E-state index contributed by atoms with van der Waals surface area (Å²) in [5.41, 5.74) is 2.08. The number of hydrogen-bond acceptors (Lipinski definition) is 3. The van der Waals surface area contributed by atoms with Gasteiger partial charge in [-0.05, 0) is 18.6 Å². The smallest absolute Gasteiger partial charge is 0.278 e. The number of aromatic nitrogens is 2. The fourth-order valence-electron chi connectivity index (χ4n) is 1.67. The van der Waals surface area contributed by atoms with Crippen LogP contribution in [-0.2, 0) is 0 Å². The number of anilines is 1. The second-order valence-electron chi connectivity index (χ2n) is 3.88. The number of amides is 1. The van der Waals surface area contributed by atoms with Crippen molar-refractivity contribution in [3.63, 3.8) is 0 Å². The molecule has 0 aliphatic carbocycles. The number of carbonyl (C=O) groups is 1. The number of carbonyl (C=O) groups excluding carboxylic acids is 1. The summed E-state index contributed by atoms with van der Waals surface area (Å²) in [4.78, 5) is 21.6. The van der Waals surface area contributed by atoms with Crippen LogP contribution in [0.4, 0.5) is 5.69 Å². The van der Waals surface area contributed by atoms with Crippen LogP contribution in [0.15, 0.2) is 36.7 Å². The first kappa shape index (κ1) is 12.5. The third kappa shape index (κ3) is 2.49. The standard InChI is InChI=1S/C13H12ClN3O/c1-9-5-3-4-6-11(9)17(2)13(18)10-7-15-8-12(14)16-10/h3-8H,1-2H3. The predicted molar refractivity (Wildman–Crippen MR) is 71.0 cm³/mol. The van der Waals surface area contributed by atoms with Crippen molar-refractivity contribution < 1.29 is 4.79 Å². The molecule has 0 fully saturated rings. The number of halogens is 1. The second kappa shape index (κ2) is 5.14. The molecule has 92 valence electrons. The lowest BCUT2D eigenvalue weighted by atomic mass is 10.2. The molecule has 0 aliphatic heterocycles. The van der Waals surface area contributed by atoms with Gasteiger partial charge >= 0.3 is 0 Å². The summed E-state index contributed by atoms with van der Waals surface area (Å²) in [6.45, 7) is 1.95. The molecule has 0 aliphatic rings. The lowest BCUT2D eigenvalue weighted by molar-refractivity contribution is 0.0987. The van der Waals surface area contributed by atoms with Crippen molar-refractivity contribution >= 4 is 23.2 Å². The predicted octanol–water partition coefficient (Wildman–Crippen LogP) is 2.72. The Bertz CT molecular complexity index is 586.